The fourth-order valence-electron chi connectivity index (χ4n) is 2.11. The van der Waals surface area contributed by atoms with E-state index in [4.69, 9.17) is 0 Å². The zero-order valence-electron chi connectivity index (χ0n) is 12.4. The number of aryl methyl sites for hydroxylation is 1. The Balaban J connectivity index is 2.30. The van der Waals surface area contributed by atoms with Crippen LogP contribution < -0.4 is 10.0 Å². The summed E-state index contributed by atoms with van der Waals surface area (Å²) in [5.41, 5.74) is 3.48. The summed E-state index contributed by atoms with van der Waals surface area (Å²) in [4.78, 5) is 0.330. The lowest BCUT2D eigenvalue weighted by Crippen LogP contribution is -2.24. The van der Waals surface area contributed by atoms with Gasteiger partial charge in [0.1, 0.15) is 0 Å². The van der Waals surface area contributed by atoms with Gasteiger partial charge < -0.3 is 5.32 Å². The van der Waals surface area contributed by atoms with E-state index in [2.05, 4.69) is 20.2 Å². The minimum absolute atomic E-state index is 0.216. The predicted molar refractivity (Wildman–Crippen MR) is 81.3 cm³/mol. The van der Waals surface area contributed by atoms with Crippen molar-refractivity contribution in [2.24, 2.45) is 0 Å². The molecule has 1 heterocycles. The normalized spacial score (nSPS) is 11.8. The summed E-state index contributed by atoms with van der Waals surface area (Å²) in [6.45, 7) is 4.59. The number of aromatic amines is 1. The SMILES string of the molecule is CNCc1cc(C)c(C)c(S(=O)(=O)NCc2cn[nH]c2)c1. The molecule has 0 aliphatic heterocycles. The topological polar surface area (TPSA) is 86.9 Å². The maximum Gasteiger partial charge on any atom is 0.241 e. The lowest BCUT2D eigenvalue weighted by molar-refractivity contribution is 0.580. The van der Waals surface area contributed by atoms with E-state index >= 15 is 0 Å². The monoisotopic (exact) mass is 308 g/mol. The molecule has 21 heavy (non-hydrogen) atoms. The average Bonchev–Trinajstić information content (AvgIpc) is 2.94. The zero-order valence-corrected chi connectivity index (χ0v) is 13.2. The molecule has 0 aliphatic carbocycles. The Morgan fingerprint density at radius 1 is 1.19 bits per heavy atom. The van der Waals surface area contributed by atoms with Crippen LogP contribution in [0.15, 0.2) is 29.4 Å². The highest BCUT2D eigenvalue weighted by molar-refractivity contribution is 7.89. The van der Waals surface area contributed by atoms with Gasteiger partial charge in [0.05, 0.1) is 11.1 Å². The van der Waals surface area contributed by atoms with E-state index in [1.165, 1.54) is 0 Å². The fourth-order valence-corrected chi connectivity index (χ4v) is 3.50. The first-order chi connectivity index (χ1) is 9.94. The van der Waals surface area contributed by atoms with Crippen molar-refractivity contribution >= 4 is 10.0 Å². The van der Waals surface area contributed by atoms with Crippen molar-refractivity contribution in [1.29, 1.82) is 0 Å². The number of nitrogens with one attached hydrogen (secondary N) is 3. The third kappa shape index (κ3) is 3.69. The van der Waals surface area contributed by atoms with Crippen LogP contribution in [0.5, 0.6) is 0 Å². The van der Waals surface area contributed by atoms with Gasteiger partial charge in [-0.15, -0.1) is 0 Å². The second-order valence-electron chi connectivity index (χ2n) is 5.00. The zero-order chi connectivity index (χ0) is 15.5. The summed E-state index contributed by atoms with van der Waals surface area (Å²) >= 11 is 0. The van der Waals surface area contributed by atoms with Crippen LogP contribution in [0.1, 0.15) is 22.3 Å². The van der Waals surface area contributed by atoms with Crippen LogP contribution in [0, 0.1) is 13.8 Å². The predicted octanol–water partition coefficient (Wildman–Crippen LogP) is 1.22. The molecule has 0 bridgehead atoms. The molecule has 2 aromatic rings. The van der Waals surface area contributed by atoms with Crippen molar-refractivity contribution in [2.75, 3.05) is 7.05 Å². The molecule has 114 valence electrons. The molecule has 0 spiro atoms. The molecular formula is C14H20N4O2S. The Bertz CT molecular complexity index is 709. The van der Waals surface area contributed by atoms with Gasteiger partial charge >= 0.3 is 0 Å². The third-order valence-corrected chi connectivity index (χ3v) is 4.90. The van der Waals surface area contributed by atoms with Crippen molar-refractivity contribution < 1.29 is 8.42 Å². The molecule has 6 nitrogen and oxygen atoms in total. The largest absolute Gasteiger partial charge is 0.316 e. The number of aromatic nitrogens is 2. The van der Waals surface area contributed by atoms with Crippen LogP contribution in [0.4, 0.5) is 0 Å². The summed E-state index contributed by atoms with van der Waals surface area (Å²) in [5, 5.41) is 9.49. The molecule has 0 radical (unpaired) electrons. The molecule has 3 N–H and O–H groups in total. The number of rotatable bonds is 6. The minimum atomic E-state index is -3.55. The Hall–Kier alpha value is -1.70. The maximum atomic E-state index is 12.5. The molecule has 0 amide bonds. The number of sulfonamides is 1. The highest BCUT2D eigenvalue weighted by Gasteiger charge is 2.18. The van der Waals surface area contributed by atoms with Crippen LogP contribution in [-0.2, 0) is 23.1 Å². The van der Waals surface area contributed by atoms with Crippen molar-refractivity contribution in [3.63, 3.8) is 0 Å². The third-order valence-electron chi connectivity index (χ3n) is 3.37. The molecule has 1 aromatic carbocycles. The van der Waals surface area contributed by atoms with Crippen molar-refractivity contribution in [3.8, 4) is 0 Å². The molecule has 0 unspecified atom stereocenters. The molecule has 1 aromatic heterocycles. The van der Waals surface area contributed by atoms with Gasteiger partial charge in [0.25, 0.3) is 0 Å². The second kappa shape index (κ2) is 6.38. The Kier molecular flexibility index (Phi) is 4.76. The number of hydrogen-bond donors (Lipinski definition) is 3. The van der Waals surface area contributed by atoms with E-state index < -0.39 is 10.0 Å². The standard InChI is InChI=1S/C14H20N4O2S/c1-10-4-12(6-15-3)5-14(11(10)2)21(19,20)18-9-13-7-16-17-8-13/h4-5,7-8,15,18H,6,9H2,1-3H3,(H,16,17). The van der Waals surface area contributed by atoms with Crippen molar-refractivity contribution in [3.05, 3.63) is 46.8 Å². The van der Waals surface area contributed by atoms with E-state index in [0.717, 1.165) is 22.3 Å². The van der Waals surface area contributed by atoms with E-state index in [-0.39, 0.29) is 6.54 Å². The molecule has 0 atom stereocenters. The molecule has 0 saturated carbocycles. The van der Waals surface area contributed by atoms with Gasteiger partial charge in [-0.3, -0.25) is 5.10 Å². The summed E-state index contributed by atoms with van der Waals surface area (Å²) < 4.78 is 27.6. The van der Waals surface area contributed by atoms with Gasteiger partial charge in [0.15, 0.2) is 0 Å². The number of benzene rings is 1. The molecule has 2 rings (SSSR count). The van der Waals surface area contributed by atoms with Crippen LogP contribution >= 0.6 is 0 Å². The fraction of sp³-hybridized carbons (Fsp3) is 0.357. The van der Waals surface area contributed by atoms with Gasteiger partial charge in [-0.25, -0.2) is 13.1 Å². The quantitative estimate of drug-likeness (QED) is 0.749. The number of nitrogens with zero attached hydrogens (tertiary/aromatic N) is 1. The first-order valence-electron chi connectivity index (χ1n) is 6.66. The van der Waals surface area contributed by atoms with E-state index in [9.17, 15) is 8.42 Å². The van der Waals surface area contributed by atoms with Gasteiger partial charge in [0.2, 0.25) is 10.0 Å². The van der Waals surface area contributed by atoms with E-state index in [1.54, 1.807) is 18.5 Å². The molecule has 7 heteroatoms. The van der Waals surface area contributed by atoms with E-state index in [0.29, 0.717) is 11.4 Å². The highest BCUT2D eigenvalue weighted by Crippen LogP contribution is 2.21. The van der Waals surface area contributed by atoms with E-state index in [1.807, 2.05) is 27.0 Å². The minimum Gasteiger partial charge on any atom is -0.316 e. The van der Waals surface area contributed by atoms with Crippen LogP contribution in [0.25, 0.3) is 0 Å². The highest BCUT2D eigenvalue weighted by atomic mass is 32.2. The summed E-state index contributed by atoms with van der Waals surface area (Å²) in [5.74, 6) is 0. The Morgan fingerprint density at radius 3 is 2.57 bits per heavy atom. The van der Waals surface area contributed by atoms with Crippen LogP contribution in [0.3, 0.4) is 0 Å². The Labute approximate surface area is 125 Å². The molecular weight excluding hydrogens is 288 g/mol. The van der Waals surface area contributed by atoms with Crippen LogP contribution in [-0.4, -0.2) is 25.7 Å². The first-order valence-corrected chi connectivity index (χ1v) is 8.14. The van der Waals surface area contributed by atoms with Gasteiger partial charge in [-0.1, -0.05) is 6.07 Å². The van der Waals surface area contributed by atoms with Crippen LogP contribution in [0.2, 0.25) is 0 Å². The number of hydrogen-bond acceptors (Lipinski definition) is 4. The summed E-state index contributed by atoms with van der Waals surface area (Å²) in [6.07, 6.45) is 3.26. The molecule has 0 aliphatic rings. The first kappa shape index (κ1) is 15.7. The number of H-pyrrole nitrogens is 1. The smallest absolute Gasteiger partial charge is 0.241 e. The summed E-state index contributed by atoms with van der Waals surface area (Å²) in [6, 6.07) is 3.72. The summed E-state index contributed by atoms with van der Waals surface area (Å²) in [7, 11) is -1.72. The van der Waals surface area contributed by atoms with Crippen molar-refractivity contribution in [2.45, 2.75) is 31.8 Å². The Morgan fingerprint density at radius 2 is 1.95 bits per heavy atom. The second-order valence-corrected chi connectivity index (χ2v) is 6.73. The van der Waals surface area contributed by atoms with Gasteiger partial charge in [0, 0.05) is 24.8 Å². The van der Waals surface area contributed by atoms with Gasteiger partial charge in [-0.2, -0.15) is 5.10 Å². The van der Waals surface area contributed by atoms with Crippen molar-refractivity contribution in [1.82, 2.24) is 20.2 Å². The lowest BCUT2D eigenvalue weighted by Gasteiger charge is -2.13. The maximum absolute atomic E-state index is 12.5. The van der Waals surface area contributed by atoms with Gasteiger partial charge in [-0.05, 0) is 43.7 Å². The molecule has 0 fully saturated rings. The molecule has 0 saturated heterocycles. The average molecular weight is 308 g/mol. The lowest BCUT2D eigenvalue weighted by atomic mass is 10.1.